The summed E-state index contributed by atoms with van der Waals surface area (Å²) in [6.45, 7) is 5.69. The van der Waals surface area contributed by atoms with Gasteiger partial charge in [0.25, 0.3) is 0 Å². The highest BCUT2D eigenvalue weighted by atomic mass is 19.1. The molecule has 0 unspecified atom stereocenters. The smallest absolute Gasteiger partial charge is 0.165 e. The van der Waals surface area contributed by atoms with E-state index in [1.165, 1.54) is 38.5 Å². The van der Waals surface area contributed by atoms with Crippen molar-refractivity contribution in [2.75, 3.05) is 19.6 Å². The molecule has 1 aromatic carbocycles. The number of imidazole rings is 1. The van der Waals surface area contributed by atoms with Gasteiger partial charge >= 0.3 is 0 Å². The summed E-state index contributed by atoms with van der Waals surface area (Å²) in [5.74, 6) is 3.39. The van der Waals surface area contributed by atoms with E-state index in [-0.39, 0.29) is 18.0 Å². The zero-order chi connectivity index (χ0) is 18.4. The Labute approximate surface area is 160 Å². The van der Waals surface area contributed by atoms with Gasteiger partial charge in [-0.1, -0.05) is 12.1 Å². The molecule has 0 N–H and O–H groups in total. The Hall–Kier alpha value is -1.88. The average molecular weight is 369 g/mol. The van der Waals surface area contributed by atoms with Crippen LogP contribution in [0.4, 0.5) is 4.39 Å². The third-order valence-electron chi connectivity index (χ3n) is 6.71. The van der Waals surface area contributed by atoms with Gasteiger partial charge in [-0.3, -0.25) is 0 Å². The first-order valence-corrected chi connectivity index (χ1v) is 10.3. The van der Waals surface area contributed by atoms with Crippen LogP contribution in [0, 0.1) is 30.5 Å². The number of likely N-dealkylation sites (tertiary alicyclic amines) is 1. The Morgan fingerprint density at radius 2 is 1.93 bits per heavy atom. The van der Waals surface area contributed by atoms with Crippen LogP contribution in [0.5, 0.6) is 5.75 Å². The summed E-state index contributed by atoms with van der Waals surface area (Å²) in [6, 6.07) is 6.99. The summed E-state index contributed by atoms with van der Waals surface area (Å²) in [6.07, 6.45) is 8.77. The summed E-state index contributed by atoms with van der Waals surface area (Å²) in [7, 11) is 0. The van der Waals surface area contributed by atoms with Gasteiger partial charge in [0.2, 0.25) is 0 Å². The number of nitrogens with zero attached hydrogens (tertiary/aromatic N) is 3. The highest BCUT2D eigenvalue weighted by Gasteiger charge is 2.45. The van der Waals surface area contributed by atoms with Crippen molar-refractivity contribution in [3.05, 3.63) is 48.3 Å². The molecule has 0 amide bonds. The zero-order valence-corrected chi connectivity index (χ0v) is 15.9. The van der Waals surface area contributed by atoms with Gasteiger partial charge in [-0.05, 0) is 62.5 Å². The van der Waals surface area contributed by atoms with Crippen molar-refractivity contribution in [1.29, 1.82) is 0 Å². The minimum Gasteiger partial charge on any atom is -0.485 e. The number of hydrogen-bond donors (Lipinski definition) is 0. The van der Waals surface area contributed by atoms with E-state index in [2.05, 4.69) is 20.6 Å². The second kappa shape index (κ2) is 6.93. The summed E-state index contributed by atoms with van der Waals surface area (Å²) in [5.41, 5.74) is 0. The first-order chi connectivity index (χ1) is 13.2. The predicted octanol–water partition coefficient (Wildman–Crippen LogP) is 4.07. The monoisotopic (exact) mass is 369 g/mol. The topological polar surface area (TPSA) is 30.3 Å². The molecule has 3 fully saturated rings. The molecule has 0 radical (unpaired) electrons. The molecule has 1 aromatic heterocycles. The van der Waals surface area contributed by atoms with E-state index in [4.69, 9.17) is 4.74 Å². The van der Waals surface area contributed by atoms with E-state index in [0.717, 1.165) is 24.6 Å². The van der Waals surface area contributed by atoms with Gasteiger partial charge < -0.3 is 14.2 Å². The van der Waals surface area contributed by atoms with Crippen LogP contribution in [0.1, 0.15) is 37.5 Å². The lowest BCUT2D eigenvalue weighted by Crippen LogP contribution is -2.40. The molecule has 4 nitrogen and oxygen atoms in total. The van der Waals surface area contributed by atoms with E-state index in [0.29, 0.717) is 17.6 Å². The van der Waals surface area contributed by atoms with E-state index in [1.807, 2.05) is 19.2 Å². The molecule has 1 aliphatic heterocycles. The van der Waals surface area contributed by atoms with Crippen LogP contribution >= 0.6 is 0 Å². The number of hydrogen-bond acceptors (Lipinski definition) is 3. The van der Waals surface area contributed by atoms with Gasteiger partial charge in [0, 0.05) is 32.0 Å². The Morgan fingerprint density at radius 1 is 1.15 bits per heavy atom. The summed E-state index contributed by atoms with van der Waals surface area (Å²) in [5, 5.41) is 0. The molecule has 5 heteroatoms. The summed E-state index contributed by atoms with van der Waals surface area (Å²) in [4.78, 5) is 7.08. The Balaban J connectivity index is 1.38. The van der Waals surface area contributed by atoms with Gasteiger partial charge in [-0.25, -0.2) is 9.37 Å². The molecule has 0 spiro atoms. The van der Waals surface area contributed by atoms with Crippen LogP contribution in [0.2, 0.25) is 0 Å². The van der Waals surface area contributed by atoms with Crippen LogP contribution in [-0.2, 0) is 0 Å². The molecule has 1 saturated heterocycles. The number of fused-ring (bicyclic) bond motifs is 1. The van der Waals surface area contributed by atoms with Gasteiger partial charge in [0.15, 0.2) is 11.6 Å². The predicted molar refractivity (Wildman–Crippen MR) is 102 cm³/mol. The van der Waals surface area contributed by atoms with E-state index in [1.54, 1.807) is 12.1 Å². The minimum atomic E-state index is -0.275. The fraction of sp³-hybridized carbons (Fsp3) is 0.591. The standard InChI is InChI=1S/C22H28FN3O/c1-15-24-8-9-26(15)20-10-17-13-25(12-16-6-7-16)14-18(17)11-22(20)27-21-5-3-2-4-19(21)23/h2-5,8-9,16-18,20,22H,6-7,10-14H2,1H3/t17-,18+,20-,22-/m0/s1. The SMILES string of the molecule is Cc1nccn1[C@H]1C[C@H]2CN(CC3CC3)C[C@H]2C[C@@H]1Oc1ccccc1F. The van der Waals surface area contributed by atoms with Crippen molar-refractivity contribution < 1.29 is 9.13 Å². The highest BCUT2D eigenvalue weighted by Crippen LogP contribution is 2.44. The van der Waals surface area contributed by atoms with Gasteiger partial charge in [0.1, 0.15) is 11.9 Å². The fourth-order valence-electron chi connectivity index (χ4n) is 5.16. The van der Waals surface area contributed by atoms with E-state index in [9.17, 15) is 4.39 Å². The van der Waals surface area contributed by atoms with Crippen molar-refractivity contribution in [2.45, 2.75) is 44.8 Å². The first kappa shape index (κ1) is 17.2. The molecular formula is C22H28FN3O. The van der Waals surface area contributed by atoms with E-state index < -0.39 is 0 Å². The van der Waals surface area contributed by atoms with Crippen molar-refractivity contribution >= 4 is 0 Å². The van der Waals surface area contributed by atoms with Crippen molar-refractivity contribution in [2.24, 2.45) is 17.8 Å². The van der Waals surface area contributed by atoms with Crippen molar-refractivity contribution in [1.82, 2.24) is 14.5 Å². The quantitative estimate of drug-likeness (QED) is 0.796. The maximum absolute atomic E-state index is 14.2. The van der Waals surface area contributed by atoms with Crippen LogP contribution in [0.3, 0.4) is 0 Å². The second-order valence-corrected chi connectivity index (χ2v) is 8.69. The van der Waals surface area contributed by atoms with Gasteiger partial charge in [-0.15, -0.1) is 0 Å². The molecule has 2 heterocycles. The lowest BCUT2D eigenvalue weighted by atomic mass is 9.77. The molecule has 2 aromatic rings. The van der Waals surface area contributed by atoms with E-state index >= 15 is 0 Å². The third-order valence-corrected chi connectivity index (χ3v) is 6.71. The van der Waals surface area contributed by atoms with Crippen LogP contribution in [-0.4, -0.2) is 40.2 Å². The number of aromatic nitrogens is 2. The maximum atomic E-state index is 14.2. The number of halogens is 1. The fourth-order valence-corrected chi connectivity index (χ4v) is 5.16. The van der Waals surface area contributed by atoms with Crippen molar-refractivity contribution in [3.63, 3.8) is 0 Å². The Kier molecular flexibility index (Phi) is 4.43. The third kappa shape index (κ3) is 3.49. The maximum Gasteiger partial charge on any atom is 0.165 e. The molecule has 0 bridgehead atoms. The molecule has 3 aliphatic rings. The Morgan fingerprint density at radius 3 is 2.63 bits per heavy atom. The second-order valence-electron chi connectivity index (χ2n) is 8.69. The van der Waals surface area contributed by atoms with Crippen molar-refractivity contribution in [3.8, 4) is 5.75 Å². The largest absolute Gasteiger partial charge is 0.485 e. The Bertz CT molecular complexity index is 802. The number of para-hydroxylation sites is 1. The normalized spacial score (nSPS) is 31.0. The molecule has 144 valence electrons. The highest BCUT2D eigenvalue weighted by molar-refractivity contribution is 5.24. The lowest BCUT2D eigenvalue weighted by Gasteiger charge is -2.39. The molecule has 4 atom stereocenters. The molecule has 2 aliphatic carbocycles. The van der Waals surface area contributed by atoms with Gasteiger partial charge in [0.05, 0.1) is 6.04 Å². The van der Waals surface area contributed by atoms with Gasteiger partial charge in [-0.2, -0.15) is 0 Å². The summed E-state index contributed by atoms with van der Waals surface area (Å²) >= 11 is 0. The lowest BCUT2D eigenvalue weighted by molar-refractivity contribution is 0.0509. The summed E-state index contributed by atoms with van der Waals surface area (Å²) < 4.78 is 22.7. The number of aryl methyl sites for hydroxylation is 1. The minimum absolute atomic E-state index is 0.0167. The number of rotatable bonds is 5. The van der Waals surface area contributed by atoms with Crippen LogP contribution in [0.15, 0.2) is 36.7 Å². The molecular weight excluding hydrogens is 341 g/mol. The molecule has 27 heavy (non-hydrogen) atoms. The molecule has 5 rings (SSSR count). The average Bonchev–Trinajstić information content (AvgIpc) is 3.22. The zero-order valence-electron chi connectivity index (χ0n) is 15.9. The van der Waals surface area contributed by atoms with Crippen LogP contribution in [0.25, 0.3) is 0 Å². The number of benzene rings is 1. The van der Waals surface area contributed by atoms with Crippen LogP contribution < -0.4 is 4.74 Å². The first-order valence-electron chi connectivity index (χ1n) is 10.3. The molecule has 2 saturated carbocycles. The number of ether oxygens (including phenoxy) is 1.